The van der Waals surface area contributed by atoms with Gasteiger partial charge >= 0.3 is 5.97 Å². The van der Waals surface area contributed by atoms with Gasteiger partial charge in [0, 0.05) is 34.7 Å². The van der Waals surface area contributed by atoms with Gasteiger partial charge in [-0.05, 0) is 41.4 Å². The molecule has 4 saturated carbocycles. The summed E-state index contributed by atoms with van der Waals surface area (Å²) in [5, 5.41) is 35.2. The number of rotatable bonds is 3. The van der Waals surface area contributed by atoms with Crippen molar-refractivity contribution in [1.29, 1.82) is 0 Å². The average Bonchev–Trinajstić information content (AvgIpc) is 3.04. The second-order valence-corrected chi connectivity index (χ2v) is 11.9. The van der Waals surface area contributed by atoms with E-state index in [2.05, 4.69) is 6.58 Å². The molecule has 2 bridgehead atoms. The van der Waals surface area contributed by atoms with Crippen LogP contribution in [0.2, 0.25) is 0 Å². The summed E-state index contributed by atoms with van der Waals surface area (Å²) in [4.78, 5) is 26.0. The van der Waals surface area contributed by atoms with Gasteiger partial charge in [0.05, 0.1) is 18.3 Å². The van der Waals surface area contributed by atoms with E-state index in [0.717, 1.165) is 5.56 Å². The maximum Gasteiger partial charge on any atom is 0.331 e. The Balaban J connectivity index is 1.58. The Labute approximate surface area is 206 Å². The Morgan fingerprint density at radius 2 is 1.74 bits per heavy atom. The number of carbonyl (C=O) groups excluding carboxylic acids is 2. The van der Waals surface area contributed by atoms with Gasteiger partial charge in [-0.25, -0.2) is 4.79 Å². The largest absolute Gasteiger partial charge is 0.455 e. The maximum absolute atomic E-state index is 13.2. The number of ether oxygens (including phenoxy) is 1. The van der Waals surface area contributed by atoms with Crippen LogP contribution in [0.1, 0.15) is 52.5 Å². The molecule has 6 nitrogen and oxygen atoms in total. The number of ketones is 1. The van der Waals surface area contributed by atoms with E-state index in [9.17, 15) is 24.9 Å². The smallest absolute Gasteiger partial charge is 0.331 e. The second kappa shape index (κ2) is 7.61. The first-order valence-electron chi connectivity index (χ1n) is 12.6. The van der Waals surface area contributed by atoms with Crippen LogP contribution in [0.3, 0.4) is 0 Å². The van der Waals surface area contributed by atoms with Crippen LogP contribution >= 0.6 is 0 Å². The lowest BCUT2D eigenvalue weighted by atomic mass is 9.42. The molecule has 5 rings (SSSR count). The van der Waals surface area contributed by atoms with Gasteiger partial charge in [0.1, 0.15) is 11.9 Å². The summed E-state index contributed by atoms with van der Waals surface area (Å²) in [5.74, 6) is -1.52. The molecule has 0 aliphatic heterocycles. The van der Waals surface area contributed by atoms with Crippen molar-refractivity contribution in [2.45, 2.75) is 71.4 Å². The SMILES string of the molecule is C=C1[C@@H](OC(=O)/C=C/c2ccccc2)CC[C@@]2(C)[C@@H](O)[C@H](O)C34[C@H](C)C(=O)C[C@@H]([C@@H](O)C132)C4(C)C. The van der Waals surface area contributed by atoms with Crippen LogP contribution in [0.4, 0.5) is 0 Å². The number of esters is 1. The van der Waals surface area contributed by atoms with Gasteiger partial charge in [-0.2, -0.15) is 0 Å². The van der Waals surface area contributed by atoms with E-state index in [1.54, 1.807) is 6.08 Å². The predicted octanol–water partition coefficient (Wildman–Crippen LogP) is 3.30. The van der Waals surface area contributed by atoms with E-state index in [1.165, 1.54) is 6.08 Å². The highest BCUT2D eigenvalue weighted by atomic mass is 16.5. The van der Waals surface area contributed by atoms with Crippen molar-refractivity contribution in [3.05, 3.63) is 54.1 Å². The molecule has 1 aromatic carbocycles. The predicted molar refractivity (Wildman–Crippen MR) is 131 cm³/mol. The molecule has 2 unspecified atom stereocenters. The molecular formula is C29H36O6. The Hall–Kier alpha value is -2.28. The van der Waals surface area contributed by atoms with Crippen molar-refractivity contribution < 1.29 is 29.6 Å². The highest BCUT2D eigenvalue weighted by molar-refractivity contribution is 5.87. The summed E-state index contributed by atoms with van der Waals surface area (Å²) in [5.41, 5.74) is -2.50. The highest BCUT2D eigenvalue weighted by Crippen LogP contribution is 2.85. The molecule has 0 saturated heterocycles. The molecule has 9 atom stereocenters. The normalized spacial score (nSPS) is 45.9. The fraction of sp³-hybridized carbons (Fsp3) is 0.586. The standard InChI is InChI=1S/C29H36O6/c1-16-20(30)15-19-23(32)29-17(2)21(35-22(31)12-11-18-9-7-6-8-10-18)13-14-27(29,5)24(33)25(34)28(16,29)26(19,3)4/h6-12,16,19,21,23-25,32-34H,2,13-15H2,1,3-5H3/b12-11+/t16-,19+,21+,23-,24+,25+,27+,28?,29?/m1/s1. The van der Waals surface area contributed by atoms with Crippen molar-refractivity contribution >= 4 is 17.8 Å². The Kier molecular flexibility index (Phi) is 5.31. The number of aliphatic hydroxyl groups excluding tert-OH is 3. The summed E-state index contributed by atoms with van der Waals surface area (Å²) in [6.07, 6.45) is 0.0612. The van der Waals surface area contributed by atoms with E-state index >= 15 is 0 Å². The number of fused-ring (bicyclic) bond motifs is 1. The van der Waals surface area contributed by atoms with Gasteiger partial charge in [-0.15, -0.1) is 0 Å². The number of hydrogen-bond acceptors (Lipinski definition) is 6. The van der Waals surface area contributed by atoms with Gasteiger partial charge in [0.15, 0.2) is 0 Å². The van der Waals surface area contributed by atoms with Crippen LogP contribution in [-0.2, 0) is 14.3 Å². The molecule has 0 amide bonds. The topological polar surface area (TPSA) is 104 Å². The van der Waals surface area contributed by atoms with Crippen molar-refractivity contribution in [3.63, 3.8) is 0 Å². The maximum atomic E-state index is 13.2. The van der Waals surface area contributed by atoms with Crippen molar-refractivity contribution in [2.75, 3.05) is 0 Å². The molecule has 4 fully saturated rings. The molecule has 188 valence electrons. The van der Waals surface area contributed by atoms with Crippen molar-refractivity contribution in [1.82, 2.24) is 0 Å². The fourth-order valence-corrected chi connectivity index (χ4v) is 9.25. The second-order valence-electron chi connectivity index (χ2n) is 11.9. The number of aliphatic hydroxyl groups is 3. The molecular weight excluding hydrogens is 444 g/mol. The summed E-state index contributed by atoms with van der Waals surface area (Å²) < 4.78 is 5.89. The number of hydrogen-bond donors (Lipinski definition) is 3. The van der Waals surface area contributed by atoms with E-state index in [-0.39, 0.29) is 12.2 Å². The highest BCUT2D eigenvalue weighted by Gasteiger charge is 2.89. The minimum Gasteiger partial charge on any atom is -0.455 e. The van der Waals surface area contributed by atoms with Crippen LogP contribution in [0.15, 0.2) is 48.6 Å². The summed E-state index contributed by atoms with van der Waals surface area (Å²) in [6.45, 7) is 12.1. The molecule has 0 aromatic heterocycles. The molecule has 4 aliphatic rings. The third-order valence-electron chi connectivity index (χ3n) is 10.7. The molecule has 4 aliphatic carbocycles. The first-order valence-corrected chi connectivity index (χ1v) is 12.6. The van der Waals surface area contributed by atoms with Crippen LogP contribution < -0.4 is 0 Å². The van der Waals surface area contributed by atoms with Crippen LogP contribution in [0.5, 0.6) is 0 Å². The van der Waals surface area contributed by atoms with Gasteiger partial charge in [-0.3, -0.25) is 4.79 Å². The monoisotopic (exact) mass is 480 g/mol. The van der Waals surface area contributed by atoms with E-state index in [0.29, 0.717) is 18.4 Å². The number of Topliss-reactive ketones (excluding diaryl/α,β-unsaturated/α-hetero) is 1. The number of benzene rings is 1. The van der Waals surface area contributed by atoms with Gasteiger partial charge in [0.2, 0.25) is 0 Å². The van der Waals surface area contributed by atoms with Gasteiger partial charge in [-0.1, -0.05) is 64.6 Å². The van der Waals surface area contributed by atoms with Crippen LogP contribution in [0.25, 0.3) is 6.08 Å². The zero-order chi connectivity index (χ0) is 25.6. The molecule has 0 radical (unpaired) electrons. The molecule has 1 aromatic rings. The minimum atomic E-state index is -1.22. The third-order valence-corrected chi connectivity index (χ3v) is 10.7. The van der Waals surface area contributed by atoms with Crippen LogP contribution in [0, 0.1) is 33.5 Å². The first-order chi connectivity index (χ1) is 16.4. The zero-order valence-electron chi connectivity index (χ0n) is 20.9. The molecule has 6 heteroatoms. The Morgan fingerprint density at radius 3 is 2.40 bits per heavy atom. The van der Waals surface area contributed by atoms with Gasteiger partial charge < -0.3 is 20.1 Å². The summed E-state index contributed by atoms with van der Waals surface area (Å²) >= 11 is 0. The third kappa shape index (κ3) is 2.60. The fourth-order valence-electron chi connectivity index (χ4n) is 9.25. The summed E-state index contributed by atoms with van der Waals surface area (Å²) in [6, 6.07) is 9.43. The average molecular weight is 481 g/mol. The summed E-state index contributed by atoms with van der Waals surface area (Å²) in [7, 11) is 0. The zero-order valence-corrected chi connectivity index (χ0v) is 20.9. The minimum absolute atomic E-state index is 0.0153. The molecule has 0 heterocycles. The van der Waals surface area contributed by atoms with Crippen LogP contribution in [-0.4, -0.2) is 51.5 Å². The molecule has 3 N–H and O–H groups in total. The van der Waals surface area contributed by atoms with Crippen molar-refractivity contribution in [2.24, 2.45) is 33.5 Å². The molecule has 35 heavy (non-hydrogen) atoms. The first kappa shape index (κ1) is 24.4. The van der Waals surface area contributed by atoms with Crippen molar-refractivity contribution in [3.8, 4) is 0 Å². The van der Waals surface area contributed by atoms with Gasteiger partial charge in [0.25, 0.3) is 0 Å². The van der Waals surface area contributed by atoms with E-state index in [1.807, 2.05) is 58.0 Å². The lowest BCUT2D eigenvalue weighted by Crippen LogP contribution is -2.63. The number of carbonyl (C=O) groups is 2. The Morgan fingerprint density at radius 1 is 1.09 bits per heavy atom. The lowest BCUT2D eigenvalue weighted by molar-refractivity contribution is -0.173. The van der Waals surface area contributed by atoms with E-state index in [4.69, 9.17) is 4.74 Å². The quantitative estimate of drug-likeness (QED) is 0.348. The van der Waals surface area contributed by atoms with E-state index < -0.39 is 63.9 Å². The Bertz CT molecular complexity index is 1110. The lowest BCUT2D eigenvalue weighted by Gasteiger charge is -2.60. The molecule has 2 spiro atoms.